The molecule has 0 bridgehead atoms. The molecule has 1 aromatic carbocycles. The Hall–Kier alpha value is -0.770. The van der Waals surface area contributed by atoms with Crippen LogP contribution in [0.5, 0.6) is 5.75 Å². The van der Waals surface area contributed by atoms with Gasteiger partial charge in [0.2, 0.25) is 0 Å². The number of halogens is 1. The Morgan fingerprint density at radius 2 is 1.86 bits per heavy atom. The highest BCUT2D eigenvalue weighted by atomic mass is 35.5. The summed E-state index contributed by atoms with van der Waals surface area (Å²) in [7, 11) is 0. The number of para-hydroxylation sites is 1. The van der Waals surface area contributed by atoms with Crippen molar-refractivity contribution < 1.29 is 4.74 Å². The third-order valence-corrected chi connectivity index (χ3v) is 3.70. The first-order valence-corrected chi connectivity index (χ1v) is 8.12. The molecule has 0 aliphatic heterocycles. The zero-order chi connectivity index (χ0) is 15.9. The summed E-state index contributed by atoms with van der Waals surface area (Å²) in [6.07, 6.45) is 0. The van der Waals surface area contributed by atoms with Crippen molar-refractivity contribution in [3.63, 3.8) is 0 Å². The molecular weight excluding hydrogens is 284 g/mol. The van der Waals surface area contributed by atoms with E-state index in [9.17, 15) is 0 Å². The molecular formula is C17H29ClN2O. The molecule has 0 saturated carbocycles. The van der Waals surface area contributed by atoms with Crippen molar-refractivity contribution in [2.45, 2.75) is 46.7 Å². The first kappa shape index (κ1) is 18.3. The van der Waals surface area contributed by atoms with E-state index in [0.717, 1.165) is 37.5 Å². The zero-order valence-electron chi connectivity index (χ0n) is 14.0. The summed E-state index contributed by atoms with van der Waals surface area (Å²) < 4.78 is 5.95. The number of benzene rings is 1. The SMILES string of the molecule is CCN(CC)CCOc1c(Cl)cccc1CNC(C)(C)C. The first-order chi connectivity index (χ1) is 9.87. The Bertz CT molecular complexity index is 425. The van der Waals surface area contributed by atoms with E-state index < -0.39 is 0 Å². The summed E-state index contributed by atoms with van der Waals surface area (Å²) in [5.41, 5.74) is 1.18. The van der Waals surface area contributed by atoms with E-state index >= 15 is 0 Å². The normalized spacial score (nSPS) is 12.0. The second kappa shape index (κ2) is 8.62. The molecule has 120 valence electrons. The van der Waals surface area contributed by atoms with Gasteiger partial charge in [0, 0.05) is 24.2 Å². The van der Waals surface area contributed by atoms with E-state index in [4.69, 9.17) is 16.3 Å². The third kappa shape index (κ3) is 6.68. The van der Waals surface area contributed by atoms with Crippen molar-refractivity contribution in [1.82, 2.24) is 10.2 Å². The first-order valence-electron chi connectivity index (χ1n) is 7.75. The van der Waals surface area contributed by atoms with Crippen LogP contribution in [0.25, 0.3) is 0 Å². The van der Waals surface area contributed by atoms with E-state index in [1.807, 2.05) is 12.1 Å². The van der Waals surface area contributed by atoms with E-state index in [1.165, 1.54) is 0 Å². The highest BCUT2D eigenvalue weighted by Gasteiger charge is 2.13. The number of likely N-dealkylation sites (N-methyl/N-ethyl adjacent to an activating group) is 1. The second-order valence-corrected chi connectivity index (χ2v) is 6.61. The predicted octanol–water partition coefficient (Wildman–Crippen LogP) is 3.95. The Labute approximate surface area is 134 Å². The minimum atomic E-state index is 0.0702. The molecule has 0 radical (unpaired) electrons. The average Bonchev–Trinajstić information content (AvgIpc) is 2.42. The topological polar surface area (TPSA) is 24.5 Å². The van der Waals surface area contributed by atoms with Crippen LogP contribution in [0, 0.1) is 0 Å². The van der Waals surface area contributed by atoms with Gasteiger partial charge >= 0.3 is 0 Å². The Morgan fingerprint density at radius 3 is 2.43 bits per heavy atom. The van der Waals surface area contributed by atoms with Gasteiger partial charge in [0.25, 0.3) is 0 Å². The van der Waals surface area contributed by atoms with Crippen LogP contribution in [0.15, 0.2) is 18.2 Å². The minimum Gasteiger partial charge on any atom is -0.490 e. The summed E-state index contributed by atoms with van der Waals surface area (Å²) in [6, 6.07) is 5.92. The van der Waals surface area contributed by atoms with Crippen LogP contribution in [0.4, 0.5) is 0 Å². The molecule has 21 heavy (non-hydrogen) atoms. The number of hydrogen-bond acceptors (Lipinski definition) is 3. The van der Waals surface area contributed by atoms with Crippen LogP contribution in [0.2, 0.25) is 5.02 Å². The lowest BCUT2D eigenvalue weighted by Crippen LogP contribution is -2.35. The van der Waals surface area contributed by atoms with Crippen LogP contribution in [-0.4, -0.2) is 36.7 Å². The molecule has 0 heterocycles. The van der Waals surface area contributed by atoms with Gasteiger partial charge in [-0.25, -0.2) is 0 Å². The fraction of sp³-hybridized carbons (Fsp3) is 0.647. The molecule has 0 atom stereocenters. The molecule has 3 nitrogen and oxygen atoms in total. The summed E-state index contributed by atoms with van der Waals surface area (Å²) in [4.78, 5) is 2.34. The fourth-order valence-electron chi connectivity index (χ4n) is 2.03. The van der Waals surface area contributed by atoms with Crippen molar-refractivity contribution >= 4 is 11.6 Å². The van der Waals surface area contributed by atoms with Crippen LogP contribution in [0.1, 0.15) is 40.2 Å². The van der Waals surface area contributed by atoms with Gasteiger partial charge in [0.05, 0.1) is 5.02 Å². The Balaban J connectivity index is 2.67. The van der Waals surface area contributed by atoms with Crippen molar-refractivity contribution in [2.24, 2.45) is 0 Å². The fourth-order valence-corrected chi connectivity index (χ4v) is 2.28. The summed E-state index contributed by atoms with van der Waals surface area (Å²) in [6.45, 7) is 15.2. The van der Waals surface area contributed by atoms with Gasteiger partial charge in [-0.15, -0.1) is 0 Å². The summed E-state index contributed by atoms with van der Waals surface area (Å²) >= 11 is 6.30. The molecule has 0 amide bonds. The number of rotatable bonds is 8. The third-order valence-electron chi connectivity index (χ3n) is 3.41. The van der Waals surface area contributed by atoms with Crippen LogP contribution in [-0.2, 0) is 6.54 Å². The van der Waals surface area contributed by atoms with E-state index in [1.54, 1.807) is 0 Å². The molecule has 1 aromatic rings. The van der Waals surface area contributed by atoms with Gasteiger partial charge in [-0.2, -0.15) is 0 Å². The van der Waals surface area contributed by atoms with Crippen LogP contribution < -0.4 is 10.1 Å². The Kier molecular flexibility index (Phi) is 7.50. The van der Waals surface area contributed by atoms with Crippen LogP contribution in [0.3, 0.4) is 0 Å². The van der Waals surface area contributed by atoms with Gasteiger partial charge in [-0.3, -0.25) is 0 Å². The minimum absolute atomic E-state index is 0.0702. The predicted molar refractivity (Wildman–Crippen MR) is 91.3 cm³/mol. The Morgan fingerprint density at radius 1 is 1.19 bits per heavy atom. The molecule has 0 spiro atoms. The maximum atomic E-state index is 6.30. The van der Waals surface area contributed by atoms with Gasteiger partial charge in [0.1, 0.15) is 12.4 Å². The highest BCUT2D eigenvalue weighted by molar-refractivity contribution is 6.32. The monoisotopic (exact) mass is 312 g/mol. The van der Waals surface area contributed by atoms with Gasteiger partial charge in [-0.05, 0) is 39.9 Å². The maximum absolute atomic E-state index is 6.30. The summed E-state index contributed by atoms with van der Waals surface area (Å²) in [5, 5.41) is 4.16. The summed E-state index contributed by atoms with van der Waals surface area (Å²) in [5.74, 6) is 0.808. The molecule has 4 heteroatoms. The lowest BCUT2D eigenvalue weighted by molar-refractivity contribution is 0.221. The zero-order valence-corrected chi connectivity index (χ0v) is 14.8. The van der Waals surface area contributed by atoms with Gasteiger partial charge < -0.3 is 15.0 Å². The van der Waals surface area contributed by atoms with Gasteiger partial charge in [0.15, 0.2) is 0 Å². The molecule has 0 aliphatic carbocycles. The van der Waals surface area contributed by atoms with Gasteiger partial charge in [-0.1, -0.05) is 37.6 Å². The number of hydrogen-bond donors (Lipinski definition) is 1. The van der Waals surface area contributed by atoms with Crippen molar-refractivity contribution in [3.05, 3.63) is 28.8 Å². The van der Waals surface area contributed by atoms with E-state index in [-0.39, 0.29) is 5.54 Å². The average molecular weight is 313 g/mol. The smallest absolute Gasteiger partial charge is 0.142 e. The molecule has 0 saturated heterocycles. The number of nitrogens with zero attached hydrogens (tertiary/aromatic N) is 1. The standard InChI is InChI=1S/C17H29ClN2O/c1-6-20(7-2)11-12-21-16-14(9-8-10-15(16)18)13-19-17(3,4)5/h8-10,19H,6-7,11-13H2,1-5H3. The molecule has 0 unspecified atom stereocenters. The quantitative estimate of drug-likeness (QED) is 0.786. The second-order valence-electron chi connectivity index (χ2n) is 6.21. The van der Waals surface area contributed by atoms with Crippen molar-refractivity contribution in [2.75, 3.05) is 26.2 Å². The van der Waals surface area contributed by atoms with Crippen molar-refractivity contribution in [1.29, 1.82) is 0 Å². The van der Waals surface area contributed by atoms with Crippen LogP contribution >= 0.6 is 11.6 Å². The lowest BCUT2D eigenvalue weighted by atomic mass is 10.1. The maximum Gasteiger partial charge on any atom is 0.142 e. The molecule has 0 aliphatic rings. The number of nitrogens with one attached hydrogen (secondary N) is 1. The molecule has 1 N–H and O–H groups in total. The lowest BCUT2D eigenvalue weighted by Gasteiger charge is -2.23. The van der Waals surface area contributed by atoms with E-state index in [0.29, 0.717) is 11.6 Å². The van der Waals surface area contributed by atoms with Crippen molar-refractivity contribution in [3.8, 4) is 5.75 Å². The number of ether oxygens (including phenoxy) is 1. The largest absolute Gasteiger partial charge is 0.490 e. The highest BCUT2D eigenvalue weighted by Crippen LogP contribution is 2.29. The van der Waals surface area contributed by atoms with E-state index in [2.05, 4.69) is 50.9 Å². The molecule has 0 aromatic heterocycles. The molecule has 1 rings (SSSR count). The molecule has 0 fully saturated rings.